The van der Waals surface area contributed by atoms with Crippen molar-refractivity contribution in [1.29, 1.82) is 0 Å². The lowest BCUT2D eigenvalue weighted by molar-refractivity contribution is -0.222. The standard InChI is InChI=1S/C23H18F3N5O2/c1-13-20(19(12-32)14(2)27-22(13)33-3)16-10-8-15(9-11-16)17-6-4-5-7-18(17)21-28-30-31(29-21)23(24,25)26/h4-12H,1-3H3. The van der Waals surface area contributed by atoms with E-state index in [1.807, 2.05) is 31.2 Å². The minimum absolute atomic E-state index is 0.138. The van der Waals surface area contributed by atoms with Crippen LogP contribution in [0, 0.1) is 13.8 Å². The van der Waals surface area contributed by atoms with E-state index in [9.17, 15) is 18.0 Å². The fraction of sp³-hybridized carbons (Fsp3) is 0.174. The molecule has 0 atom stereocenters. The molecular formula is C23H18F3N5O2. The predicted octanol–water partition coefficient (Wildman–Crippen LogP) is 4.98. The number of halogens is 3. The van der Waals surface area contributed by atoms with Gasteiger partial charge in [-0.15, -0.1) is 23.4 Å². The van der Waals surface area contributed by atoms with Gasteiger partial charge in [-0.2, -0.15) is 0 Å². The van der Waals surface area contributed by atoms with Gasteiger partial charge >= 0.3 is 6.30 Å². The van der Waals surface area contributed by atoms with E-state index in [1.54, 1.807) is 31.2 Å². The van der Waals surface area contributed by atoms with E-state index in [0.717, 1.165) is 23.0 Å². The number of alkyl halides is 3. The van der Waals surface area contributed by atoms with E-state index >= 15 is 0 Å². The van der Waals surface area contributed by atoms with Gasteiger partial charge in [0.1, 0.15) is 0 Å². The van der Waals surface area contributed by atoms with Crippen molar-refractivity contribution in [2.75, 3.05) is 7.11 Å². The zero-order valence-electron chi connectivity index (χ0n) is 17.9. The monoisotopic (exact) mass is 453 g/mol. The van der Waals surface area contributed by atoms with Gasteiger partial charge in [0.25, 0.3) is 0 Å². The molecule has 4 rings (SSSR count). The van der Waals surface area contributed by atoms with E-state index in [-0.39, 0.29) is 10.6 Å². The van der Waals surface area contributed by atoms with E-state index in [1.165, 1.54) is 7.11 Å². The highest BCUT2D eigenvalue weighted by Gasteiger charge is 2.34. The van der Waals surface area contributed by atoms with Crippen molar-refractivity contribution in [3.8, 4) is 39.5 Å². The highest BCUT2D eigenvalue weighted by Crippen LogP contribution is 2.36. The number of aromatic nitrogens is 5. The Hall–Kier alpha value is -4.08. The second kappa shape index (κ2) is 8.45. The summed E-state index contributed by atoms with van der Waals surface area (Å²) in [5, 5.41) is 10.2. The van der Waals surface area contributed by atoms with Crippen molar-refractivity contribution in [1.82, 2.24) is 25.2 Å². The first kappa shape index (κ1) is 22.1. The molecule has 0 bridgehead atoms. The van der Waals surface area contributed by atoms with Gasteiger partial charge in [0, 0.05) is 22.3 Å². The number of carbonyl (C=O) groups excluding carboxylic acids is 1. The maximum atomic E-state index is 12.9. The molecule has 0 N–H and O–H groups in total. The van der Waals surface area contributed by atoms with Gasteiger partial charge in [-0.25, -0.2) is 4.98 Å². The largest absolute Gasteiger partial charge is 0.522 e. The first-order valence-corrected chi connectivity index (χ1v) is 9.82. The Balaban J connectivity index is 1.78. The minimum atomic E-state index is -4.75. The van der Waals surface area contributed by atoms with Crippen molar-refractivity contribution in [2.45, 2.75) is 20.1 Å². The summed E-state index contributed by atoms with van der Waals surface area (Å²) >= 11 is 0. The molecule has 0 amide bonds. The van der Waals surface area contributed by atoms with Crippen LogP contribution in [-0.2, 0) is 6.30 Å². The first-order chi connectivity index (χ1) is 15.7. The molecule has 0 unspecified atom stereocenters. The maximum Gasteiger partial charge on any atom is 0.522 e. The number of carbonyl (C=O) groups is 1. The SMILES string of the molecule is COc1nc(C)c(C=O)c(-c2ccc(-c3ccccc3-c3nnn(C(F)(F)F)n3)cc2)c1C. The van der Waals surface area contributed by atoms with Crippen LogP contribution in [0.2, 0.25) is 0 Å². The van der Waals surface area contributed by atoms with Crippen LogP contribution in [0.5, 0.6) is 5.88 Å². The number of benzene rings is 2. The smallest absolute Gasteiger partial charge is 0.481 e. The number of nitrogens with zero attached hydrogens (tertiary/aromatic N) is 5. The lowest BCUT2D eigenvalue weighted by Crippen LogP contribution is -2.19. The second-order valence-electron chi connectivity index (χ2n) is 7.23. The maximum absolute atomic E-state index is 12.9. The van der Waals surface area contributed by atoms with Crippen molar-refractivity contribution >= 4 is 6.29 Å². The fourth-order valence-corrected chi connectivity index (χ4v) is 3.68. The molecule has 0 aliphatic rings. The van der Waals surface area contributed by atoms with Gasteiger partial charge in [0.15, 0.2) is 6.29 Å². The van der Waals surface area contributed by atoms with Crippen LogP contribution in [0.3, 0.4) is 0 Å². The number of methoxy groups -OCH3 is 1. The summed E-state index contributed by atoms with van der Waals surface area (Å²) in [4.78, 5) is 15.7. The summed E-state index contributed by atoms with van der Waals surface area (Å²) in [5.41, 5.74) is 5.02. The first-order valence-electron chi connectivity index (χ1n) is 9.82. The van der Waals surface area contributed by atoms with Crippen LogP contribution in [-0.4, -0.2) is 38.6 Å². The third-order valence-corrected chi connectivity index (χ3v) is 5.23. The lowest BCUT2D eigenvalue weighted by atomic mass is 9.92. The molecule has 0 fully saturated rings. The van der Waals surface area contributed by atoms with Crippen LogP contribution < -0.4 is 4.74 Å². The predicted molar refractivity (Wildman–Crippen MR) is 115 cm³/mol. The number of ether oxygens (including phenoxy) is 1. The number of rotatable bonds is 5. The van der Waals surface area contributed by atoms with Gasteiger partial charge in [-0.05, 0) is 35.8 Å². The van der Waals surface area contributed by atoms with Crippen molar-refractivity contribution in [3.05, 3.63) is 65.4 Å². The zero-order valence-corrected chi connectivity index (χ0v) is 17.9. The van der Waals surface area contributed by atoms with Crippen LogP contribution in [0.25, 0.3) is 33.6 Å². The summed E-state index contributed by atoms with van der Waals surface area (Å²) in [6.07, 6.45) is -3.98. The summed E-state index contributed by atoms with van der Waals surface area (Å²) < 4.78 is 44.0. The fourth-order valence-electron chi connectivity index (χ4n) is 3.68. The number of hydrogen-bond acceptors (Lipinski definition) is 6. The number of aldehydes is 1. The molecule has 2 heterocycles. The summed E-state index contributed by atoms with van der Waals surface area (Å²) in [6.45, 7) is 3.56. The molecule has 10 heteroatoms. The molecule has 33 heavy (non-hydrogen) atoms. The number of aryl methyl sites for hydroxylation is 1. The van der Waals surface area contributed by atoms with Gasteiger partial charge in [0.05, 0.1) is 12.8 Å². The Labute approximate surface area is 186 Å². The molecule has 0 saturated carbocycles. The third-order valence-electron chi connectivity index (χ3n) is 5.23. The number of tetrazole rings is 1. The molecule has 7 nitrogen and oxygen atoms in total. The molecule has 2 aromatic heterocycles. The minimum Gasteiger partial charge on any atom is -0.481 e. The second-order valence-corrected chi connectivity index (χ2v) is 7.23. The third kappa shape index (κ3) is 4.07. The quantitative estimate of drug-likeness (QED) is 0.396. The van der Waals surface area contributed by atoms with Crippen molar-refractivity contribution in [3.63, 3.8) is 0 Å². The van der Waals surface area contributed by atoms with Gasteiger partial charge in [-0.3, -0.25) is 4.79 Å². The van der Waals surface area contributed by atoms with Crippen LogP contribution in [0.4, 0.5) is 13.2 Å². The average molecular weight is 453 g/mol. The summed E-state index contributed by atoms with van der Waals surface area (Å²) in [5.74, 6) is 0.293. The molecule has 4 aromatic rings. The Bertz CT molecular complexity index is 1330. The molecule has 0 saturated heterocycles. The highest BCUT2D eigenvalue weighted by atomic mass is 19.4. The van der Waals surface area contributed by atoms with Crippen LogP contribution in [0.15, 0.2) is 48.5 Å². The average Bonchev–Trinajstić information content (AvgIpc) is 3.31. The Morgan fingerprint density at radius 3 is 2.18 bits per heavy atom. The van der Waals surface area contributed by atoms with Gasteiger partial charge in [-0.1, -0.05) is 53.3 Å². The highest BCUT2D eigenvalue weighted by molar-refractivity contribution is 5.91. The summed E-state index contributed by atoms with van der Waals surface area (Å²) in [6, 6.07) is 14.2. The van der Waals surface area contributed by atoms with E-state index in [4.69, 9.17) is 4.74 Å². The molecule has 0 spiro atoms. The Morgan fingerprint density at radius 2 is 1.61 bits per heavy atom. The van der Waals surface area contributed by atoms with Crippen LogP contribution in [0.1, 0.15) is 21.6 Å². The molecule has 0 radical (unpaired) electrons. The summed E-state index contributed by atoms with van der Waals surface area (Å²) in [7, 11) is 1.52. The van der Waals surface area contributed by atoms with E-state index in [2.05, 4.69) is 20.4 Å². The topological polar surface area (TPSA) is 82.8 Å². The zero-order chi connectivity index (χ0) is 23.8. The van der Waals surface area contributed by atoms with Gasteiger partial charge < -0.3 is 4.74 Å². The van der Waals surface area contributed by atoms with E-state index < -0.39 is 6.30 Å². The molecule has 0 aliphatic carbocycles. The normalized spacial score (nSPS) is 11.5. The van der Waals surface area contributed by atoms with Gasteiger partial charge in [0.2, 0.25) is 11.7 Å². The molecule has 2 aromatic carbocycles. The van der Waals surface area contributed by atoms with Crippen molar-refractivity contribution < 1.29 is 22.7 Å². The molecule has 0 aliphatic heterocycles. The lowest BCUT2D eigenvalue weighted by Gasteiger charge is -2.15. The molecular weight excluding hydrogens is 435 g/mol. The Morgan fingerprint density at radius 1 is 0.970 bits per heavy atom. The Kier molecular flexibility index (Phi) is 5.67. The molecule has 168 valence electrons. The van der Waals surface area contributed by atoms with Crippen molar-refractivity contribution in [2.24, 2.45) is 0 Å². The number of hydrogen-bond donors (Lipinski definition) is 0. The van der Waals surface area contributed by atoms with E-state index in [0.29, 0.717) is 33.8 Å². The van der Waals surface area contributed by atoms with Crippen LogP contribution >= 0.6 is 0 Å². The number of pyridine rings is 1.